The Morgan fingerprint density at radius 2 is 0.864 bits per heavy atom. The SMILES string of the molecule is CC.CC.CC(C)C.CC(C)C.c1ccoc1.c1ccsc1. The van der Waals surface area contributed by atoms with Crippen LogP contribution in [0.2, 0.25) is 0 Å². The smallest absolute Gasteiger partial charge is 0.0902 e. The van der Waals surface area contributed by atoms with Crippen molar-refractivity contribution in [1.82, 2.24) is 0 Å². The summed E-state index contributed by atoms with van der Waals surface area (Å²) in [6, 6.07) is 7.70. The molecule has 2 rings (SSSR count). The minimum absolute atomic E-state index is 0.833. The molecule has 0 aliphatic rings. The van der Waals surface area contributed by atoms with Crippen LogP contribution in [0.5, 0.6) is 0 Å². The van der Waals surface area contributed by atoms with Gasteiger partial charge in [0.2, 0.25) is 0 Å². The molecule has 0 fully saturated rings. The molecule has 0 bridgehead atoms. The second-order valence-corrected chi connectivity index (χ2v) is 5.87. The van der Waals surface area contributed by atoms with Gasteiger partial charge in [0.15, 0.2) is 0 Å². The lowest BCUT2D eigenvalue weighted by molar-refractivity contribution is 0.567. The van der Waals surface area contributed by atoms with Crippen molar-refractivity contribution in [2.24, 2.45) is 11.8 Å². The molecule has 0 aliphatic heterocycles. The van der Waals surface area contributed by atoms with E-state index < -0.39 is 0 Å². The van der Waals surface area contributed by atoms with Crippen LogP contribution in [0.4, 0.5) is 0 Å². The van der Waals surface area contributed by atoms with Crippen molar-refractivity contribution >= 4 is 11.3 Å². The molecule has 0 atom stereocenters. The number of furan rings is 1. The van der Waals surface area contributed by atoms with Crippen molar-refractivity contribution in [3.05, 3.63) is 47.6 Å². The third-order valence-corrected chi connectivity index (χ3v) is 1.48. The summed E-state index contributed by atoms with van der Waals surface area (Å²) in [5.41, 5.74) is 0. The first-order valence-electron chi connectivity index (χ1n) is 8.41. The van der Waals surface area contributed by atoms with Crippen LogP contribution < -0.4 is 0 Å². The first-order chi connectivity index (χ1) is 10.5. The summed E-state index contributed by atoms with van der Waals surface area (Å²) in [5, 5.41) is 4.08. The molecule has 2 heteroatoms. The molecule has 0 aromatic carbocycles. The van der Waals surface area contributed by atoms with E-state index in [-0.39, 0.29) is 0 Å². The molecule has 0 radical (unpaired) electrons. The van der Waals surface area contributed by atoms with Gasteiger partial charge in [-0.1, -0.05) is 81.4 Å². The fourth-order valence-corrected chi connectivity index (χ4v) is 0.907. The summed E-state index contributed by atoms with van der Waals surface area (Å²) in [6.45, 7) is 21.0. The minimum Gasteiger partial charge on any atom is -0.473 e. The standard InChI is InChI=1S/C4H4O.C4H4S.2C4H10.2C2H6/c2*1-2-4-5-3-1;2*1-4(2)3;2*1-2/h2*1-4H;2*4H,1-3H3;2*1-2H3. The molecule has 2 aromatic heterocycles. The molecular formula is C20H40OS. The van der Waals surface area contributed by atoms with E-state index in [1.54, 1.807) is 23.9 Å². The average Bonchev–Trinajstić information content (AvgIpc) is 3.20. The number of rotatable bonds is 0. The summed E-state index contributed by atoms with van der Waals surface area (Å²) < 4.78 is 4.58. The maximum absolute atomic E-state index is 4.58. The topological polar surface area (TPSA) is 13.1 Å². The Bertz CT molecular complexity index is 211. The van der Waals surface area contributed by atoms with E-state index in [9.17, 15) is 0 Å². The number of hydrogen-bond acceptors (Lipinski definition) is 2. The zero-order chi connectivity index (χ0) is 18.2. The van der Waals surface area contributed by atoms with Gasteiger partial charge in [0, 0.05) is 0 Å². The molecular weight excluding hydrogens is 288 g/mol. The summed E-state index contributed by atoms with van der Waals surface area (Å²) in [4.78, 5) is 0. The van der Waals surface area contributed by atoms with E-state index in [0.29, 0.717) is 0 Å². The van der Waals surface area contributed by atoms with Gasteiger partial charge in [-0.25, -0.2) is 0 Å². The van der Waals surface area contributed by atoms with Gasteiger partial charge in [0.1, 0.15) is 0 Å². The van der Waals surface area contributed by atoms with Crippen LogP contribution in [0, 0.1) is 11.8 Å². The Balaban J connectivity index is -0.0000000919. The Labute approximate surface area is 144 Å². The van der Waals surface area contributed by atoms with Crippen molar-refractivity contribution in [1.29, 1.82) is 0 Å². The Morgan fingerprint density at radius 3 is 0.955 bits per heavy atom. The molecule has 0 saturated carbocycles. The third-order valence-electron chi connectivity index (χ3n) is 0.851. The van der Waals surface area contributed by atoms with Crippen LogP contribution in [-0.4, -0.2) is 0 Å². The maximum Gasteiger partial charge on any atom is 0.0902 e. The summed E-state index contributed by atoms with van der Waals surface area (Å²) in [7, 11) is 0. The van der Waals surface area contributed by atoms with E-state index in [0.717, 1.165) is 11.8 Å². The van der Waals surface area contributed by atoms with Crippen LogP contribution in [-0.2, 0) is 0 Å². The van der Waals surface area contributed by atoms with E-state index in [2.05, 4.69) is 46.0 Å². The van der Waals surface area contributed by atoms with E-state index in [1.165, 1.54) is 0 Å². The zero-order valence-electron chi connectivity index (χ0n) is 16.6. The van der Waals surface area contributed by atoms with Crippen molar-refractivity contribution in [3.63, 3.8) is 0 Å². The van der Waals surface area contributed by atoms with Gasteiger partial charge in [-0.2, -0.15) is 11.3 Å². The van der Waals surface area contributed by atoms with Crippen molar-refractivity contribution in [3.8, 4) is 0 Å². The Hall–Kier alpha value is -1.02. The molecule has 2 heterocycles. The van der Waals surface area contributed by atoms with Gasteiger partial charge in [-0.15, -0.1) is 0 Å². The van der Waals surface area contributed by atoms with Gasteiger partial charge >= 0.3 is 0 Å². The van der Waals surface area contributed by atoms with Crippen LogP contribution in [0.3, 0.4) is 0 Å². The molecule has 22 heavy (non-hydrogen) atoms. The lowest BCUT2D eigenvalue weighted by atomic mass is 10.3. The molecule has 2 aromatic rings. The fourth-order valence-electron chi connectivity index (χ4n) is 0.454. The van der Waals surface area contributed by atoms with Gasteiger partial charge in [0.05, 0.1) is 12.5 Å². The van der Waals surface area contributed by atoms with Gasteiger partial charge < -0.3 is 4.42 Å². The van der Waals surface area contributed by atoms with E-state index in [4.69, 9.17) is 0 Å². The minimum atomic E-state index is 0.833. The van der Waals surface area contributed by atoms with Gasteiger partial charge in [0.25, 0.3) is 0 Å². The van der Waals surface area contributed by atoms with Crippen LogP contribution in [0.15, 0.2) is 52.0 Å². The highest BCUT2D eigenvalue weighted by molar-refractivity contribution is 7.07. The lowest BCUT2D eigenvalue weighted by Crippen LogP contribution is -1.66. The fraction of sp³-hybridized carbons (Fsp3) is 0.600. The van der Waals surface area contributed by atoms with Gasteiger partial charge in [-0.05, 0) is 34.7 Å². The van der Waals surface area contributed by atoms with Crippen LogP contribution in [0.25, 0.3) is 0 Å². The van der Waals surface area contributed by atoms with Crippen molar-refractivity contribution < 1.29 is 4.42 Å². The largest absolute Gasteiger partial charge is 0.473 e. The Kier molecular flexibility index (Phi) is 42.4. The quantitative estimate of drug-likeness (QED) is 0.473. The van der Waals surface area contributed by atoms with Gasteiger partial charge in [-0.3, -0.25) is 0 Å². The zero-order valence-corrected chi connectivity index (χ0v) is 17.4. The highest BCUT2D eigenvalue weighted by Gasteiger charge is 1.68. The maximum atomic E-state index is 4.58. The number of hydrogen-bond donors (Lipinski definition) is 0. The summed E-state index contributed by atoms with van der Waals surface area (Å²) in [5.74, 6) is 1.67. The van der Waals surface area contributed by atoms with Crippen LogP contribution in [0.1, 0.15) is 69.2 Å². The lowest BCUT2D eigenvalue weighted by Gasteiger charge is -1.79. The number of thiophene rings is 1. The predicted molar refractivity (Wildman–Crippen MR) is 107 cm³/mol. The summed E-state index contributed by atoms with van der Waals surface area (Å²) >= 11 is 1.71. The van der Waals surface area contributed by atoms with Crippen molar-refractivity contribution in [2.45, 2.75) is 69.2 Å². The second kappa shape index (κ2) is 32.1. The first kappa shape index (κ1) is 29.0. The third kappa shape index (κ3) is 76.1. The first-order valence-corrected chi connectivity index (χ1v) is 9.35. The normalized spacial score (nSPS) is 7.45. The molecule has 132 valence electrons. The van der Waals surface area contributed by atoms with E-state index in [1.807, 2.05) is 62.7 Å². The molecule has 0 aliphatic carbocycles. The molecule has 0 unspecified atom stereocenters. The monoisotopic (exact) mass is 328 g/mol. The van der Waals surface area contributed by atoms with E-state index >= 15 is 0 Å². The molecule has 0 saturated heterocycles. The Morgan fingerprint density at radius 1 is 0.591 bits per heavy atom. The molecule has 0 amide bonds. The predicted octanol–water partition coefficient (Wildman–Crippen LogP) is 8.40. The molecule has 0 spiro atoms. The molecule has 0 N–H and O–H groups in total. The highest BCUT2D eigenvalue weighted by atomic mass is 32.1. The van der Waals surface area contributed by atoms with Crippen LogP contribution >= 0.6 is 11.3 Å². The van der Waals surface area contributed by atoms with Crippen molar-refractivity contribution in [2.75, 3.05) is 0 Å². The summed E-state index contributed by atoms with van der Waals surface area (Å²) in [6.07, 6.45) is 3.25. The average molecular weight is 329 g/mol. The molecule has 1 nitrogen and oxygen atoms in total. The highest BCUT2D eigenvalue weighted by Crippen LogP contribution is 1.91. The second-order valence-electron chi connectivity index (χ2n) is 5.05.